The van der Waals surface area contributed by atoms with E-state index in [4.69, 9.17) is 9.47 Å². The Morgan fingerprint density at radius 1 is 1.18 bits per heavy atom. The summed E-state index contributed by atoms with van der Waals surface area (Å²) < 4.78 is 11.0. The first-order chi connectivity index (χ1) is 8.34. The Morgan fingerprint density at radius 3 is 2.82 bits per heavy atom. The van der Waals surface area contributed by atoms with Crippen LogP contribution in [-0.2, 0) is 4.74 Å². The molecule has 0 spiro atoms. The fourth-order valence-electron chi connectivity index (χ4n) is 2.63. The number of rotatable bonds is 1. The number of morpholine rings is 1. The molecule has 0 radical (unpaired) electrons. The third-order valence-corrected chi connectivity index (χ3v) is 3.49. The minimum absolute atomic E-state index is 0.270. The van der Waals surface area contributed by atoms with Crippen molar-refractivity contribution in [1.82, 2.24) is 4.90 Å². The summed E-state index contributed by atoms with van der Waals surface area (Å²) in [5.41, 5.74) is 1.19. The first kappa shape index (κ1) is 10.9. The summed E-state index contributed by atoms with van der Waals surface area (Å²) in [6.07, 6.45) is 1.01. The van der Waals surface area contributed by atoms with Gasteiger partial charge in [0, 0.05) is 37.2 Å². The Morgan fingerprint density at radius 2 is 2.00 bits per heavy atom. The van der Waals surface area contributed by atoms with Crippen LogP contribution in [0.1, 0.15) is 18.0 Å². The molecule has 0 aromatic heterocycles. The van der Waals surface area contributed by atoms with Crippen LogP contribution in [0.5, 0.6) is 11.5 Å². The molecule has 0 aliphatic carbocycles. The maximum absolute atomic E-state index is 9.47. The van der Waals surface area contributed by atoms with Crippen LogP contribution < -0.4 is 4.74 Å². The van der Waals surface area contributed by atoms with Gasteiger partial charge in [0.1, 0.15) is 11.5 Å². The molecule has 4 nitrogen and oxygen atoms in total. The van der Waals surface area contributed by atoms with Crippen molar-refractivity contribution in [2.24, 2.45) is 0 Å². The molecule has 92 valence electrons. The maximum Gasteiger partial charge on any atom is 0.127 e. The zero-order valence-corrected chi connectivity index (χ0v) is 9.76. The van der Waals surface area contributed by atoms with E-state index in [0.29, 0.717) is 6.04 Å². The molecule has 0 amide bonds. The number of aromatic hydroxyl groups is 1. The molecular formula is C13H17NO3. The number of fused-ring (bicyclic) bond motifs is 1. The van der Waals surface area contributed by atoms with Gasteiger partial charge in [0.2, 0.25) is 0 Å². The summed E-state index contributed by atoms with van der Waals surface area (Å²) in [5.74, 6) is 1.10. The first-order valence-electron chi connectivity index (χ1n) is 6.12. The Balaban J connectivity index is 1.88. The van der Waals surface area contributed by atoms with Crippen molar-refractivity contribution < 1.29 is 14.6 Å². The molecule has 17 heavy (non-hydrogen) atoms. The fourth-order valence-corrected chi connectivity index (χ4v) is 2.63. The number of hydrogen-bond acceptors (Lipinski definition) is 4. The number of phenolic OH excluding ortho intramolecular Hbond substituents is 1. The van der Waals surface area contributed by atoms with Gasteiger partial charge in [-0.1, -0.05) is 6.07 Å². The van der Waals surface area contributed by atoms with Crippen molar-refractivity contribution in [3.05, 3.63) is 23.8 Å². The van der Waals surface area contributed by atoms with Crippen LogP contribution in [0, 0.1) is 0 Å². The number of benzene rings is 1. The summed E-state index contributed by atoms with van der Waals surface area (Å²) in [6.45, 7) is 4.30. The van der Waals surface area contributed by atoms with E-state index in [2.05, 4.69) is 4.90 Å². The molecule has 0 bridgehead atoms. The van der Waals surface area contributed by atoms with Gasteiger partial charge in [-0.2, -0.15) is 0 Å². The van der Waals surface area contributed by atoms with Gasteiger partial charge in [-0.3, -0.25) is 4.90 Å². The van der Waals surface area contributed by atoms with Crippen LogP contribution >= 0.6 is 0 Å². The van der Waals surface area contributed by atoms with Gasteiger partial charge in [0.15, 0.2) is 0 Å². The number of ether oxygens (including phenoxy) is 2. The normalized spacial score (nSPS) is 25.1. The Hall–Kier alpha value is -1.26. The van der Waals surface area contributed by atoms with E-state index in [1.165, 1.54) is 5.56 Å². The minimum atomic E-state index is 0.270. The summed E-state index contributed by atoms with van der Waals surface area (Å²) in [6, 6.07) is 5.83. The van der Waals surface area contributed by atoms with Gasteiger partial charge >= 0.3 is 0 Å². The molecule has 4 heteroatoms. The highest BCUT2D eigenvalue weighted by atomic mass is 16.5. The van der Waals surface area contributed by atoms with Crippen molar-refractivity contribution >= 4 is 0 Å². The standard InChI is InChI=1S/C13H17NO3/c15-10-1-2-11-12(3-6-17-13(11)9-10)14-4-7-16-8-5-14/h1-2,9,12,15H,3-8H2. The van der Waals surface area contributed by atoms with Gasteiger partial charge in [-0.25, -0.2) is 0 Å². The molecule has 1 aromatic rings. The second-order valence-corrected chi connectivity index (χ2v) is 4.52. The van der Waals surface area contributed by atoms with Gasteiger partial charge < -0.3 is 14.6 Å². The molecule has 1 saturated heterocycles. The number of phenols is 1. The number of hydrogen-bond donors (Lipinski definition) is 1. The lowest BCUT2D eigenvalue weighted by molar-refractivity contribution is 0.00705. The van der Waals surface area contributed by atoms with E-state index in [0.717, 1.165) is 45.1 Å². The maximum atomic E-state index is 9.47. The molecule has 1 N–H and O–H groups in total. The second kappa shape index (κ2) is 4.55. The van der Waals surface area contributed by atoms with Crippen LogP contribution in [0.25, 0.3) is 0 Å². The quantitative estimate of drug-likeness (QED) is 0.802. The molecule has 2 heterocycles. The summed E-state index contributed by atoms with van der Waals surface area (Å²) in [5, 5.41) is 9.47. The SMILES string of the molecule is Oc1ccc2c(c1)OCCC2N1CCOCC1. The van der Waals surface area contributed by atoms with Gasteiger partial charge in [-0.15, -0.1) is 0 Å². The highest BCUT2D eigenvalue weighted by Gasteiger charge is 2.28. The first-order valence-corrected chi connectivity index (χ1v) is 6.12. The monoisotopic (exact) mass is 235 g/mol. The Labute approximate surface area is 101 Å². The van der Waals surface area contributed by atoms with Crippen molar-refractivity contribution in [3.63, 3.8) is 0 Å². The predicted molar refractivity (Wildman–Crippen MR) is 63.4 cm³/mol. The van der Waals surface area contributed by atoms with Crippen LogP contribution in [0.2, 0.25) is 0 Å². The topological polar surface area (TPSA) is 41.9 Å². The molecule has 1 atom stereocenters. The lowest BCUT2D eigenvalue weighted by Crippen LogP contribution is -2.40. The largest absolute Gasteiger partial charge is 0.508 e. The average molecular weight is 235 g/mol. The van der Waals surface area contributed by atoms with Crippen LogP contribution in [0.4, 0.5) is 0 Å². The smallest absolute Gasteiger partial charge is 0.127 e. The third-order valence-electron chi connectivity index (χ3n) is 3.49. The molecule has 1 aromatic carbocycles. The number of nitrogens with zero attached hydrogens (tertiary/aromatic N) is 1. The summed E-state index contributed by atoms with van der Waals surface area (Å²) in [4.78, 5) is 2.45. The lowest BCUT2D eigenvalue weighted by Gasteiger charge is -2.37. The van der Waals surface area contributed by atoms with Crippen molar-refractivity contribution in [2.75, 3.05) is 32.9 Å². The Bertz CT molecular complexity index is 402. The summed E-state index contributed by atoms with van der Waals surface area (Å²) in [7, 11) is 0. The lowest BCUT2D eigenvalue weighted by atomic mass is 9.98. The van der Waals surface area contributed by atoms with E-state index >= 15 is 0 Å². The van der Waals surface area contributed by atoms with Crippen molar-refractivity contribution in [1.29, 1.82) is 0 Å². The Kier molecular flexibility index (Phi) is 2.91. The van der Waals surface area contributed by atoms with Gasteiger partial charge in [-0.05, 0) is 6.07 Å². The van der Waals surface area contributed by atoms with Gasteiger partial charge in [0.25, 0.3) is 0 Å². The zero-order chi connectivity index (χ0) is 11.7. The summed E-state index contributed by atoms with van der Waals surface area (Å²) >= 11 is 0. The van der Waals surface area contributed by atoms with Gasteiger partial charge in [0.05, 0.1) is 19.8 Å². The highest BCUT2D eigenvalue weighted by Crippen LogP contribution is 2.37. The van der Waals surface area contributed by atoms with E-state index in [9.17, 15) is 5.11 Å². The van der Waals surface area contributed by atoms with Crippen molar-refractivity contribution in [2.45, 2.75) is 12.5 Å². The molecule has 0 saturated carbocycles. The van der Waals surface area contributed by atoms with E-state index < -0.39 is 0 Å². The molecule has 1 fully saturated rings. The van der Waals surface area contributed by atoms with Crippen LogP contribution in [0.15, 0.2) is 18.2 Å². The zero-order valence-electron chi connectivity index (χ0n) is 9.76. The average Bonchev–Trinajstić information content (AvgIpc) is 2.39. The van der Waals surface area contributed by atoms with Crippen molar-refractivity contribution in [3.8, 4) is 11.5 Å². The molecule has 1 unspecified atom stereocenters. The molecule has 2 aliphatic rings. The minimum Gasteiger partial charge on any atom is -0.508 e. The molecule has 3 rings (SSSR count). The molecular weight excluding hydrogens is 218 g/mol. The van der Waals surface area contributed by atoms with E-state index in [1.807, 2.05) is 6.07 Å². The van der Waals surface area contributed by atoms with Crippen LogP contribution in [0.3, 0.4) is 0 Å². The second-order valence-electron chi connectivity index (χ2n) is 4.52. The third kappa shape index (κ3) is 2.10. The van der Waals surface area contributed by atoms with E-state index in [1.54, 1.807) is 12.1 Å². The van der Waals surface area contributed by atoms with E-state index in [-0.39, 0.29) is 5.75 Å². The highest BCUT2D eigenvalue weighted by molar-refractivity contribution is 5.43. The molecule has 2 aliphatic heterocycles. The fraction of sp³-hybridized carbons (Fsp3) is 0.538. The predicted octanol–water partition coefficient (Wildman–Crippen LogP) is 1.55. The van der Waals surface area contributed by atoms with Crippen LogP contribution in [-0.4, -0.2) is 42.9 Å².